The fourth-order valence-corrected chi connectivity index (χ4v) is 2.16. The second kappa shape index (κ2) is 6.15. The van der Waals surface area contributed by atoms with E-state index in [4.69, 9.17) is 5.11 Å². The van der Waals surface area contributed by atoms with Gasteiger partial charge in [0, 0.05) is 30.6 Å². The fraction of sp³-hybridized carbons (Fsp3) is 0.389. The highest BCUT2D eigenvalue weighted by Crippen LogP contribution is 2.24. The zero-order valence-electron chi connectivity index (χ0n) is 13.1. The Labute approximate surface area is 126 Å². The number of rotatable bonds is 2. The van der Waals surface area contributed by atoms with E-state index >= 15 is 0 Å². The van der Waals surface area contributed by atoms with E-state index in [2.05, 4.69) is 54.3 Å². The van der Waals surface area contributed by atoms with Crippen LogP contribution in [-0.2, 0) is 7.05 Å². The van der Waals surface area contributed by atoms with Gasteiger partial charge >= 0.3 is 0 Å². The summed E-state index contributed by atoms with van der Waals surface area (Å²) < 4.78 is 2.12. The Morgan fingerprint density at radius 1 is 1.29 bits per heavy atom. The number of aliphatic hydroxyl groups excluding tert-OH is 1. The van der Waals surface area contributed by atoms with Crippen LogP contribution < -0.4 is 0 Å². The predicted molar refractivity (Wildman–Crippen MR) is 88.8 cm³/mol. The molecule has 1 aromatic carbocycles. The summed E-state index contributed by atoms with van der Waals surface area (Å²) in [5.74, 6) is 6.21. The van der Waals surface area contributed by atoms with E-state index in [1.54, 1.807) is 0 Å². The van der Waals surface area contributed by atoms with Crippen molar-refractivity contribution in [1.29, 1.82) is 0 Å². The lowest BCUT2D eigenvalue weighted by atomic mass is 10.1. The van der Waals surface area contributed by atoms with E-state index in [1.165, 1.54) is 0 Å². The number of hydrogen-bond acceptors (Lipinski definition) is 2. The molecule has 0 radical (unpaired) electrons. The minimum atomic E-state index is -0.119. The Hall–Kier alpha value is -2.05. The molecule has 1 aromatic heterocycles. The highest BCUT2D eigenvalue weighted by Gasteiger charge is 2.13. The van der Waals surface area contributed by atoms with Crippen molar-refractivity contribution in [2.24, 2.45) is 12.0 Å². The van der Waals surface area contributed by atoms with E-state index in [1.807, 2.05) is 25.4 Å². The van der Waals surface area contributed by atoms with Crippen LogP contribution in [0.3, 0.4) is 0 Å². The van der Waals surface area contributed by atoms with Crippen molar-refractivity contribution < 1.29 is 5.11 Å². The summed E-state index contributed by atoms with van der Waals surface area (Å²) in [5.41, 5.74) is 3.01. The van der Waals surface area contributed by atoms with E-state index in [9.17, 15) is 0 Å². The maximum absolute atomic E-state index is 8.91. The van der Waals surface area contributed by atoms with Crippen LogP contribution in [0.5, 0.6) is 0 Å². The molecule has 0 aliphatic heterocycles. The van der Waals surface area contributed by atoms with Crippen molar-refractivity contribution in [3.8, 4) is 11.8 Å². The molecule has 0 unspecified atom stereocenters. The second-order valence-corrected chi connectivity index (χ2v) is 6.04. The van der Waals surface area contributed by atoms with Gasteiger partial charge in [0.15, 0.2) is 0 Å². The maximum Gasteiger partial charge on any atom is 0.0755 e. The van der Waals surface area contributed by atoms with Gasteiger partial charge in [-0.25, -0.2) is 0 Å². The van der Waals surface area contributed by atoms with Crippen LogP contribution in [0.2, 0.25) is 0 Å². The minimum Gasteiger partial charge on any atom is -0.395 e. The highest BCUT2D eigenvalue weighted by atomic mass is 16.2. The number of aliphatic hydroxyl groups is 1. The summed E-state index contributed by atoms with van der Waals surface area (Å²) in [6.07, 6.45) is 2.39. The lowest BCUT2D eigenvalue weighted by Gasteiger charge is -2.11. The molecule has 3 nitrogen and oxygen atoms in total. The first-order valence-corrected chi connectivity index (χ1v) is 7.16. The summed E-state index contributed by atoms with van der Waals surface area (Å²) in [6, 6.07) is 8.20. The Balaban J connectivity index is 2.62. The van der Waals surface area contributed by atoms with Gasteiger partial charge < -0.3 is 9.67 Å². The second-order valence-electron chi connectivity index (χ2n) is 6.04. The van der Waals surface area contributed by atoms with Gasteiger partial charge in [0.25, 0.3) is 0 Å². The molecule has 0 spiro atoms. The third-order valence-corrected chi connectivity index (χ3v) is 3.18. The van der Waals surface area contributed by atoms with Crippen LogP contribution in [0.25, 0.3) is 10.9 Å². The molecule has 0 amide bonds. The monoisotopic (exact) mass is 282 g/mol. The predicted octanol–water partition coefficient (Wildman–Crippen LogP) is 3.13. The molecule has 0 saturated carbocycles. The molecule has 1 N–H and O–H groups in total. The van der Waals surface area contributed by atoms with Gasteiger partial charge in [-0.05, 0) is 26.8 Å². The van der Waals surface area contributed by atoms with Crippen molar-refractivity contribution in [2.45, 2.75) is 32.7 Å². The van der Waals surface area contributed by atoms with Gasteiger partial charge in [-0.15, -0.1) is 0 Å². The summed E-state index contributed by atoms with van der Waals surface area (Å²) in [4.78, 5) is 4.61. The zero-order chi connectivity index (χ0) is 15.5. The van der Waals surface area contributed by atoms with Gasteiger partial charge in [0.05, 0.1) is 23.4 Å². The number of aliphatic imine (C=N–C) groups is 1. The zero-order valence-corrected chi connectivity index (χ0v) is 13.1. The molecule has 2 rings (SSSR count). The van der Waals surface area contributed by atoms with E-state index < -0.39 is 0 Å². The van der Waals surface area contributed by atoms with E-state index in [-0.39, 0.29) is 12.1 Å². The number of fused-ring (bicyclic) bond motifs is 1. The van der Waals surface area contributed by atoms with Gasteiger partial charge in [-0.3, -0.25) is 4.99 Å². The topological polar surface area (TPSA) is 37.5 Å². The first-order chi connectivity index (χ1) is 9.94. The third kappa shape index (κ3) is 3.53. The van der Waals surface area contributed by atoms with Gasteiger partial charge in [-0.2, -0.15) is 0 Å². The number of para-hydroxylation sites is 1. The minimum absolute atomic E-state index is 0.0865. The Bertz CT molecular complexity index is 721. The summed E-state index contributed by atoms with van der Waals surface area (Å²) >= 11 is 0. The molecule has 0 atom stereocenters. The SMILES string of the molecule is Cn1c(C=NC(C)(C)C)c(C#CCCO)c2ccccc21. The average Bonchev–Trinajstić information content (AvgIpc) is 2.70. The molecule has 0 saturated heterocycles. The third-order valence-electron chi connectivity index (χ3n) is 3.18. The van der Waals surface area contributed by atoms with Crippen LogP contribution in [0.4, 0.5) is 0 Å². The molecular weight excluding hydrogens is 260 g/mol. The fourth-order valence-electron chi connectivity index (χ4n) is 2.16. The van der Waals surface area contributed by atoms with Crippen LogP contribution in [0.15, 0.2) is 29.3 Å². The average molecular weight is 282 g/mol. The van der Waals surface area contributed by atoms with Crippen LogP contribution in [0, 0.1) is 11.8 Å². The first kappa shape index (κ1) is 15.3. The van der Waals surface area contributed by atoms with E-state index in [0.29, 0.717) is 6.42 Å². The lowest BCUT2D eigenvalue weighted by Crippen LogP contribution is -2.10. The first-order valence-electron chi connectivity index (χ1n) is 7.16. The molecule has 110 valence electrons. The van der Waals surface area contributed by atoms with Crippen molar-refractivity contribution in [1.82, 2.24) is 4.57 Å². The molecule has 0 bridgehead atoms. The standard InChI is InChI=1S/C18H22N2O/c1-18(2,3)19-13-17-15(10-7-8-12-21)14-9-5-6-11-16(14)20(17)4/h5-6,9,11,13,21H,8,12H2,1-4H3. The molecule has 21 heavy (non-hydrogen) atoms. The quantitative estimate of drug-likeness (QED) is 0.667. The number of aromatic nitrogens is 1. The molecule has 0 aliphatic rings. The van der Waals surface area contributed by atoms with Crippen LogP contribution in [0.1, 0.15) is 38.4 Å². The molecular formula is C18H22N2O. The Kier molecular flexibility index (Phi) is 4.50. The summed E-state index contributed by atoms with van der Waals surface area (Å²) in [6.45, 7) is 6.30. The normalized spacial score (nSPS) is 11.9. The molecule has 0 aliphatic carbocycles. The number of hydrogen-bond donors (Lipinski definition) is 1. The van der Waals surface area contributed by atoms with Gasteiger partial charge in [0.1, 0.15) is 0 Å². The smallest absolute Gasteiger partial charge is 0.0755 e. The van der Waals surface area contributed by atoms with Gasteiger partial charge in [-0.1, -0.05) is 30.0 Å². The maximum atomic E-state index is 8.91. The lowest BCUT2D eigenvalue weighted by molar-refractivity contribution is 0.305. The Morgan fingerprint density at radius 3 is 2.67 bits per heavy atom. The molecule has 0 fully saturated rings. The van der Waals surface area contributed by atoms with E-state index in [0.717, 1.165) is 22.2 Å². The van der Waals surface area contributed by atoms with Crippen molar-refractivity contribution in [3.05, 3.63) is 35.5 Å². The van der Waals surface area contributed by atoms with Crippen LogP contribution >= 0.6 is 0 Å². The Morgan fingerprint density at radius 2 is 2.00 bits per heavy atom. The van der Waals surface area contributed by atoms with Gasteiger partial charge in [0.2, 0.25) is 0 Å². The van der Waals surface area contributed by atoms with Crippen LogP contribution in [-0.4, -0.2) is 28.0 Å². The van der Waals surface area contributed by atoms with Crippen molar-refractivity contribution >= 4 is 17.1 Å². The molecule has 2 aromatic rings. The summed E-state index contributed by atoms with van der Waals surface area (Å²) in [7, 11) is 2.03. The van der Waals surface area contributed by atoms with Crippen molar-refractivity contribution in [2.75, 3.05) is 6.61 Å². The highest BCUT2D eigenvalue weighted by molar-refractivity contribution is 5.97. The number of benzene rings is 1. The largest absolute Gasteiger partial charge is 0.395 e. The number of aryl methyl sites for hydroxylation is 1. The molecule has 1 heterocycles. The number of nitrogens with zero attached hydrogens (tertiary/aromatic N) is 2. The summed E-state index contributed by atoms with van der Waals surface area (Å²) in [5, 5.41) is 10.0. The van der Waals surface area contributed by atoms with Crippen molar-refractivity contribution in [3.63, 3.8) is 0 Å². The molecule has 3 heteroatoms.